The molecule has 1 heterocycles. The summed E-state index contributed by atoms with van der Waals surface area (Å²) in [6.45, 7) is 0. The van der Waals surface area contributed by atoms with E-state index in [1.807, 2.05) is 6.07 Å². The maximum absolute atomic E-state index is 12.6. The highest BCUT2D eigenvalue weighted by Crippen LogP contribution is 2.32. The zero-order valence-electron chi connectivity index (χ0n) is 18.6. The Morgan fingerprint density at radius 3 is 2.47 bits per heavy atom. The fourth-order valence-corrected chi connectivity index (χ4v) is 4.46. The van der Waals surface area contributed by atoms with Crippen molar-refractivity contribution in [3.63, 3.8) is 0 Å². The zero-order chi connectivity index (χ0) is 23.9. The van der Waals surface area contributed by atoms with Crippen LogP contribution in [0.5, 0.6) is 0 Å². The van der Waals surface area contributed by atoms with Gasteiger partial charge in [-0.2, -0.15) is 5.10 Å². The minimum Gasteiger partial charge on any atom is -0.353 e. The van der Waals surface area contributed by atoms with Gasteiger partial charge in [0.25, 0.3) is 5.91 Å². The fourth-order valence-electron chi connectivity index (χ4n) is 4.46. The first-order valence-electron chi connectivity index (χ1n) is 11.4. The SMILES string of the molecule is O=C(N/N=C/C1CC2CCCCC2NC1=O)C(=O)Nc1ccccc1C(=O)Nc1ccccc1. The quantitative estimate of drug-likeness (QED) is 0.310. The van der Waals surface area contributed by atoms with Crippen LogP contribution in [0.2, 0.25) is 0 Å². The van der Waals surface area contributed by atoms with Crippen LogP contribution in [0.15, 0.2) is 59.7 Å². The highest BCUT2D eigenvalue weighted by molar-refractivity contribution is 6.40. The van der Waals surface area contributed by atoms with Crippen LogP contribution in [-0.2, 0) is 14.4 Å². The van der Waals surface area contributed by atoms with Gasteiger partial charge in [0.15, 0.2) is 0 Å². The number of nitrogens with one attached hydrogen (secondary N) is 4. The second-order valence-electron chi connectivity index (χ2n) is 8.54. The average Bonchev–Trinajstić information content (AvgIpc) is 2.85. The van der Waals surface area contributed by atoms with Crippen molar-refractivity contribution < 1.29 is 19.2 Å². The predicted octanol–water partition coefficient (Wildman–Crippen LogP) is 2.67. The number of amides is 4. The summed E-state index contributed by atoms with van der Waals surface area (Å²) in [5, 5.41) is 12.1. The lowest BCUT2D eigenvalue weighted by molar-refractivity contribution is -0.136. The Hall–Kier alpha value is -4.01. The van der Waals surface area contributed by atoms with Crippen LogP contribution in [-0.4, -0.2) is 35.9 Å². The predicted molar refractivity (Wildman–Crippen MR) is 128 cm³/mol. The van der Waals surface area contributed by atoms with Crippen LogP contribution < -0.4 is 21.4 Å². The minimum atomic E-state index is -0.999. The van der Waals surface area contributed by atoms with E-state index in [9.17, 15) is 19.2 Å². The molecule has 4 rings (SSSR count). The van der Waals surface area contributed by atoms with E-state index in [0.717, 1.165) is 25.7 Å². The monoisotopic (exact) mass is 461 g/mol. The lowest BCUT2D eigenvalue weighted by Gasteiger charge is -2.38. The van der Waals surface area contributed by atoms with Crippen LogP contribution in [0.1, 0.15) is 42.5 Å². The van der Waals surface area contributed by atoms with Gasteiger partial charge in [-0.05, 0) is 49.4 Å². The topological polar surface area (TPSA) is 129 Å². The van der Waals surface area contributed by atoms with Gasteiger partial charge in [-0.25, -0.2) is 5.43 Å². The molecule has 2 aromatic rings. The van der Waals surface area contributed by atoms with Crippen molar-refractivity contribution in [3.8, 4) is 0 Å². The number of para-hydroxylation sites is 2. The maximum Gasteiger partial charge on any atom is 0.329 e. The number of piperidine rings is 1. The van der Waals surface area contributed by atoms with E-state index in [1.165, 1.54) is 12.3 Å². The molecule has 1 aliphatic heterocycles. The third-order valence-electron chi connectivity index (χ3n) is 6.21. The van der Waals surface area contributed by atoms with Crippen molar-refractivity contribution in [1.82, 2.24) is 10.7 Å². The Morgan fingerprint density at radius 1 is 0.912 bits per heavy atom. The lowest BCUT2D eigenvalue weighted by atomic mass is 9.76. The van der Waals surface area contributed by atoms with Gasteiger partial charge in [0.05, 0.1) is 17.2 Å². The number of carbonyl (C=O) groups is 4. The van der Waals surface area contributed by atoms with Gasteiger partial charge < -0.3 is 16.0 Å². The number of anilines is 2. The van der Waals surface area contributed by atoms with Gasteiger partial charge in [-0.3, -0.25) is 19.2 Å². The Kier molecular flexibility index (Phi) is 7.31. The van der Waals surface area contributed by atoms with E-state index in [4.69, 9.17) is 0 Å². The highest BCUT2D eigenvalue weighted by atomic mass is 16.2. The Balaban J connectivity index is 1.33. The first-order chi connectivity index (χ1) is 16.5. The number of hydrazone groups is 1. The van der Waals surface area contributed by atoms with Crippen LogP contribution in [0, 0.1) is 11.8 Å². The summed E-state index contributed by atoms with van der Waals surface area (Å²) in [6, 6.07) is 15.5. The molecule has 3 atom stereocenters. The molecule has 9 nitrogen and oxygen atoms in total. The number of carbonyl (C=O) groups excluding carboxylic acids is 4. The third kappa shape index (κ3) is 5.67. The molecule has 1 saturated heterocycles. The summed E-state index contributed by atoms with van der Waals surface area (Å²) in [7, 11) is 0. The minimum absolute atomic E-state index is 0.107. The average molecular weight is 462 g/mol. The second kappa shape index (κ2) is 10.7. The van der Waals surface area contributed by atoms with Gasteiger partial charge in [0, 0.05) is 17.9 Å². The molecule has 2 aliphatic rings. The third-order valence-corrected chi connectivity index (χ3v) is 6.21. The summed E-state index contributed by atoms with van der Waals surface area (Å²) in [5.74, 6) is -2.53. The fraction of sp³-hybridized carbons (Fsp3) is 0.320. The second-order valence-corrected chi connectivity index (χ2v) is 8.54. The largest absolute Gasteiger partial charge is 0.353 e. The van der Waals surface area contributed by atoms with Crippen molar-refractivity contribution in [3.05, 3.63) is 60.2 Å². The van der Waals surface area contributed by atoms with E-state index in [1.54, 1.807) is 42.5 Å². The highest BCUT2D eigenvalue weighted by Gasteiger charge is 2.36. The Bertz CT molecular complexity index is 1100. The number of rotatable bonds is 5. The first kappa shape index (κ1) is 23.2. The van der Waals surface area contributed by atoms with Crippen LogP contribution in [0.3, 0.4) is 0 Å². The molecule has 0 aromatic heterocycles. The molecular weight excluding hydrogens is 434 g/mol. The van der Waals surface area contributed by atoms with Crippen molar-refractivity contribution >= 4 is 41.2 Å². The van der Waals surface area contributed by atoms with Crippen molar-refractivity contribution in [2.45, 2.75) is 38.1 Å². The number of hydrogen-bond donors (Lipinski definition) is 4. The normalized spacial score (nSPS) is 21.8. The molecule has 9 heteroatoms. The lowest BCUT2D eigenvalue weighted by Crippen LogP contribution is -2.51. The van der Waals surface area contributed by atoms with Crippen molar-refractivity contribution in [2.75, 3.05) is 10.6 Å². The summed E-state index contributed by atoms with van der Waals surface area (Å²) in [5.41, 5.74) is 3.17. The molecule has 1 aliphatic carbocycles. The van der Waals surface area contributed by atoms with E-state index in [2.05, 4.69) is 26.5 Å². The molecule has 0 spiro atoms. The molecule has 0 bridgehead atoms. The van der Waals surface area contributed by atoms with Crippen molar-refractivity contribution in [1.29, 1.82) is 0 Å². The van der Waals surface area contributed by atoms with Gasteiger partial charge in [0.2, 0.25) is 5.91 Å². The number of hydrogen-bond acceptors (Lipinski definition) is 5. The Labute approximate surface area is 197 Å². The Morgan fingerprint density at radius 2 is 1.65 bits per heavy atom. The molecule has 2 aromatic carbocycles. The van der Waals surface area contributed by atoms with Crippen LogP contribution >= 0.6 is 0 Å². The summed E-state index contributed by atoms with van der Waals surface area (Å²) in [6.07, 6.45) is 6.42. The molecular formula is C25H27N5O4. The van der Waals surface area contributed by atoms with Gasteiger partial charge in [-0.1, -0.05) is 43.2 Å². The number of benzene rings is 2. The number of nitrogens with zero attached hydrogens (tertiary/aromatic N) is 1. The zero-order valence-corrected chi connectivity index (χ0v) is 18.6. The number of fused-ring (bicyclic) bond motifs is 1. The van der Waals surface area contributed by atoms with Gasteiger partial charge in [-0.15, -0.1) is 0 Å². The molecule has 4 N–H and O–H groups in total. The molecule has 0 radical (unpaired) electrons. The van der Waals surface area contributed by atoms with Crippen molar-refractivity contribution in [2.24, 2.45) is 16.9 Å². The molecule has 176 valence electrons. The standard InChI is InChI=1S/C25H27N5O4/c31-22-17(14-16-8-4-6-12-20(16)28-22)15-26-30-25(34)24(33)29-21-13-7-5-11-19(21)23(32)27-18-9-2-1-3-10-18/h1-3,5,7,9-11,13,15-17,20H,4,6,8,12,14H2,(H,27,32)(H,28,31)(H,29,33)(H,30,34)/b26-15+. The smallest absolute Gasteiger partial charge is 0.329 e. The maximum atomic E-state index is 12.6. The summed E-state index contributed by atoms with van der Waals surface area (Å²) in [4.78, 5) is 49.5. The van der Waals surface area contributed by atoms with Crippen LogP contribution in [0.4, 0.5) is 11.4 Å². The summed E-state index contributed by atoms with van der Waals surface area (Å²) < 4.78 is 0. The van der Waals surface area contributed by atoms with E-state index in [-0.39, 0.29) is 23.2 Å². The molecule has 4 amide bonds. The van der Waals surface area contributed by atoms with Gasteiger partial charge >= 0.3 is 11.8 Å². The van der Waals surface area contributed by atoms with Gasteiger partial charge in [0.1, 0.15) is 0 Å². The van der Waals surface area contributed by atoms with E-state index in [0.29, 0.717) is 18.0 Å². The molecule has 1 saturated carbocycles. The molecule has 34 heavy (non-hydrogen) atoms. The summed E-state index contributed by atoms with van der Waals surface area (Å²) >= 11 is 0. The first-order valence-corrected chi connectivity index (χ1v) is 11.4. The molecule has 3 unspecified atom stereocenters. The van der Waals surface area contributed by atoms with E-state index >= 15 is 0 Å². The van der Waals surface area contributed by atoms with E-state index < -0.39 is 23.6 Å². The molecule has 2 fully saturated rings. The van der Waals surface area contributed by atoms with Crippen LogP contribution in [0.25, 0.3) is 0 Å².